The second-order valence-electron chi connectivity index (χ2n) is 6.65. The molecule has 1 aromatic heterocycles. The number of aromatic nitrogens is 2. The van der Waals surface area contributed by atoms with Gasteiger partial charge in [-0.3, -0.25) is 9.36 Å². The summed E-state index contributed by atoms with van der Waals surface area (Å²) in [5.41, 5.74) is 12.2. The van der Waals surface area contributed by atoms with Crippen molar-refractivity contribution in [3.05, 3.63) is 24.3 Å². The van der Waals surface area contributed by atoms with Crippen LogP contribution in [0.2, 0.25) is 0 Å². The molecule has 0 bridgehead atoms. The number of hydrogen-bond acceptors (Lipinski definition) is 7. The average Bonchev–Trinajstić information content (AvgIpc) is 3.21. The molecular weight excluding hydrogens is 357 g/mol. The zero-order chi connectivity index (χ0) is 19.7. The van der Waals surface area contributed by atoms with Crippen LogP contribution in [-0.2, 0) is 9.53 Å². The topological polar surface area (TPSA) is 149 Å². The Hall–Kier alpha value is -2.27. The highest BCUT2D eigenvalue weighted by atomic mass is 19.1. The number of fused-ring (bicyclic) bond motifs is 1. The Morgan fingerprint density at radius 1 is 1.52 bits per heavy atom. The summed E-state index contributed by atoms with van der Waals surface area (Å²) in [6, 6.07) is 0.961. The Balaban J connectivity index is 1.89. The highest BCUT2D eigenvalue weighted by molar-refractivity contribution is 5.87. The highest BCUT2D eigenvalue weighted by Gasteiger charge is 2.46. The maximum absolute atomic E-state index is 14.3. The Bertz CT molecular complexity index is 829. The third-order valence-electron chi connectivity index (χ3n) is 4.78. The number of benzene rings is 1. The average molecular weight is 381 g/mol. The number of ether oxygens (including phenoxy) is 1. The van der Waals surface area contributed by atoms with Gasteiger partial charge in [-0.15, -0.1) is 0 Å². The van der Waals surface area contributed by atoms with Crippen LogP contribution in [0.1, 0.15) is 26.0 Å². The van der Waals surface area contributed by atoms with E-state index < -0.39 is 48.9 Å². The molecule has 148 valence electrons. The number of hydrogen-bond donors (Lipinski definition) is 5. The van der Waals surface area contributed by atoms with Gasteiger partial charge < -0.3 is 31.7 Å². The summed E-state index contributed by atoms with van der Waals surface area (Å²) >= 11 is 0. The third-order valence-corrected chi connectivity index (χ3v) is 4.78. The number of rotatable bonds is 6. The van der Waals surface area contributed by atoms with E-state index in [1.165, 1.54) is 23.0 Å². The zero-order valence-corrected chi connectivity index (χ0v) is 14.9. The molecule has 5 atom stereocenters. The van der Waals surface area contributed by atoms with Crippen LogP contribution in [0.4, 0.5) is 10.1 Å². The second-order valence-corrected chi connectivity index (χ2v) is 6.65. The van der Waals surface area contributed by atoms with Gasteiger partial charge in [-0.1, -0.05) is 13.3 Å². The molecule has 2 unspecified atom stereocenters. The van der Waals surface area contributed by atoms with E-state index in [1.807, 2.05) is 6.92 Å². The predicted molar refractivity (Wildman–Crippen MR) is 95.9 cm³/mol. The molecule has 0 spiro atoms. The number of carbonyl (C=O) groups is 1. The highest BCUT2D eigenvalue weighted by Crippen LogP contribution is 2.33. The van der Waals surface area contributed by atoms with E-state index in [0.29, 0.717) is 6.42 Å². The first-order valence-electron chi connectivity index (χ1n) is 8.79. The lowest BCUT2D eigenvalue weighted by Crippen LogP contribution is -2.53. The summed E-state index contributed by atoms with van der Waals surface area (Å²) in [5, 5.41) is 22.9. The Morgan fingerprint density at radius 2 is 2.26 bits per heavy atom. The lowest BCUT2D eigenvalue weighted by molar-refractivity contribution is -0.124. The number of nitrogen functional groups attached to an aromatic ring is 1. The van der Waals surface area contributed by atoms with Gasteiger partial charge in [-0.2, -0.15) is 0 Å². The van der Waals surface area contributed by atoms with Crippen LogP contribution in [0.3, 0.4) is 0 Å². The van der Waals surface area contributed by atoms with Gasteiger partial charge in [-0.05, 0) is 18.6 Å². The van der Waals surface area contributed by atoms with Crippen molar-refractivity contribution in [3.63, 3.8) is 0 Å². The van der Waals surface area contributed by atoms with Gasteiger partial charge >= 0.3 is 0 Å². The number of amides is 1. The van der Waals surface area contributed by atoms with Crippen molar-refractivity contribution in [2.45, 2.75) is 50.3 Å². The second kappa shape index (κ2) is 7.77. The van der Waals surface area contributed by atoms with Crippen LogP contribution in [0, 0.1) is 5.82 Å². The predicted octanol–water partition coefficient (Wildman–Crippen LogP) is -0.380. The Kier molecular flexibility index (Phi) is 5.61. The molecule has 1 aliphatic rings. The molecule has 0 saturated carbocycles. The van der Waals surface area contributed by atoms with Crippen molar-refractivity contribution in [1.29, 1.82) is 0 Å². The van der Waals surface area contributed by atoms with Gasteiger partial charge in [-0.25, -0.2) is 9.37 Å². The number of anilines is 1. The molecule has 1 aliphatic heterocycles. The molecule has 10 heteroatoms. The molecule has 7 N–H and O–H groups in total. The maximum Gasteiger partial charge on any atom is 0.237 e. The molecule has 1 amide bonds. The van der Waals surface area contributed by atoms with E-state index in [9.17, 15) is 19.4 Å². The van der Waals surface area contributed by atoms with E-state index in [4.69, 9.17) is 16.2 Å². The monoisotopic (exact) mass is 381 g/mol. The van der Waals surface area contributed by atoms with E-state index >= 15 is 0 Å². The van der Waals surface area contributed by atoms with Crippen molar-refractivity contribution in [1.82, 2.24) is 14.9 Å². The summed E-state index contributed by atoms with van der Waals surface area (Å²) in [6.45, 7) is 1.45. The molecule has 3 rings (SSSR count). The SMILES string of the molecule is CCCC(N)C(=O)N[C@@H]1C(O)[C@H](n2cnc3c(N)ccc(F)c32)O[C@@H]1CO. The molecule has 1 fully saturated rings. The number of imidazole rings is 1. The molecule has 27 heavy (non-hydrogen) atoms. The van der Waals surface area contributed by atoms with Crippen molar-refractivity contribution < 1.29 is 24.1 Å². The zero-order valence-electron chi connectivity index (χ0n) is 14.9. The van der Waals surface area contributed by atoms with Crippen molar-refractivity contribution in [2.75, 3.05) is 12.3 Å². The Morgan fingerprint density at radius 3 is 2.93 bits per heavy atom. The van der Waals surface area contributed by atoms with E-state index in [1.54, 1.807) is 0 Å². The lowest BCUT2D eigenvalue weighted by atomic mass is 10.1. The fourth-order valence-corrected chi connectivity index (χ4v) is 3.34. The number of carbonyl (C=O) groups excluding carboxylic acids is 1. The van der Waals surface area contributed by atoms with Gasteiger partial charge in [0, 0.05) is 0 Å². The van der Waals surface area contributed by atoms with E-state index in [-0.39, 0.29) is 16.7 Å². The van der Waals surface area contributed by atoms with Gasteiger partial charge in [0.15, 0.2) is 6.23 Å². The number of halogens is 1. The first kappa shape index (κ1) is 19.5. The van der Waals surface area contributed by atoms with Crippen LogP contribution >= 0.6 is 0 Å². The number of aliphatic hydroxyl groups excluding tert-OH is 2. The number of nitrogens with zero attached hydrogens (tertiary/aromatic N) is 2. The quantitative estimate of drug-likeness (QED) is 0.428. The molecule has 0 aliphatic carbocycles. The largest absolute Gasteiger partial charge is 0.397 e. The molecule has 1 saturated heterocycles. The van der Waals surface area contributed by atoms with Crippen molar-refractivity contribution >= 4 is 22.6 Å². The maximum atomic E-state index is 14.3. The van der Waals surface area contributed by atoms with Gasteiger partial charge in [0.2, 0.25) is 5.91 Å². The number of nitrogens with two attached hydrogens (primary N) is 2. The summed E-state index contributed by atoms with van der Waals surface area (Å²) in [4.78, 5) is 16.3. The first-order valence-corrected chi connectivity index (χ1v) is 8.79. The third kappa shape index (κ3) is 3.48. The smallest absolute Gasteiger partial charge is 0.237 e. The standard InChI is InChI=1S/C17H24FN5O4/c1-2-3-10(20)16(26)22-13-11(6-24)27-17(15(13)25)23-7-21-12-9(19)5-4-8(18)14(12)23/h4-5,7,10-11,13,15,17,24-25H,2-3,6,19-20H2,1H3,(H,22,26)/t10?,11-,13+,15?,17-/m1/s1. The van der Waals surface area contributed by atoms with Crippen molar-refractivity contribution in [3.8, 4) is 0 Å². The van der Waals surface area contributed by atoms with Crippen LogP contribution in [0.15, 0.2) is 18.5 Å². The normalized spacial score (nSPS) is 26.4. The number of nitrogens with one attached hydrogen (secondary N) is 1. The van der Waals surface area contributed by atoms with Crippen LogP contribution in [-0.4, -0.2) is 56.6 Å². The fraction of sp³-hybridized carbons (Fsp3) is 0.529. The molecule has 0 radical (unpaired) electrons. The summed E-state index contributed by atoms with van der Waals surface area (Å²) in [6.07, 6.45) is -0.677. The molecule has 9 nitrogen and oxygen atoms in total. The lowest BCUT2D eigenvalue weighted by Gasteiger charge is -2.22. The van der Waals surface area contributed by atoms with Crippen LogP contribution in [0.25, 0.3) is 11.0 Å². The van der Waals surface area contributed by atoms with Gasteiger partial charge in [0.05, 0.1) is 30.7 Å². The van der Waals surface area contributed by atoms with Crippen LogP contribution in [0.5, 0.6) is 0 Å². The number of aliphatic hydroxyl groups is 2. The minimum absolute atomic E-state index is 0.0744. The summed E-state index contributed by atoms with van der Waals surface area (Å²) < 4.78 is 21.3. The van der Waals surface area contributed by atoms with Gasteiger partial charge in [0.25, 0.3) is 0 Å². The Labute approximate surface area is 155 Å². The summed E-state index contributed by atoms with van der Waals surface area (Å²) in [5.74, 6) is -1.03. The fourth-order valence-electron chi connectivity index (χ4n) is 3.34. The minimum Gasteiger partial charge on any atom is -0.397 e. The van der Waals surface area contributed by atoms with E-state index in [2.05, 4.69) is 10.3 Å². The van der Waals surface area contributed by atoms with Crippen LogP contribution < -0.4 is 16.8 Å². The van der Waals surface area contributed by atoms with Gasteiger partial charge in [0.1, 0.15) is 29.1 Å². The summed E-state index contributed by atoms with van der Waals surface area (Å²) in [7, 11) is 0. The molecule has 1 aromatic carbocycles. The molecular formula is C17H24FN5O4. The molecule has 2 heterocycles. The van der Waals surface area contributed by atoms with E-state index in [0.717, 1.165) is 6.42 Å². The minimum atomic E-state index is -1.25. The van der Waals surface area contributed by atoms with Crippen molar-refractivity contribution in [2.24, 2.45) is 5.73 Å². The molecule has 2 aromatic rings. The first-order chi connectivity index (χ1) is 12.9.